The monoisotopic (exact) mass is 426 g/mol. The minimum Gasteiger partial charge on any atom is -0.339 e. The highest BCUT2D eigenvalue weighted by molar-refractivity contribution is 6.20. The third kappa shape index (κ3) is 4.06. The SMILES string of the molecule is O=C(CN1CCc2nc(-c3cncnc3)ccc2C1)N1CCN2C(Cl)CCC[C@H]2C1. The van der Waals surface area contributed by atoms with Gasteiger partial charge in [-0.15, -0.1) is 11.6 Å². The smallest absolute Gasteiger partial charge is 0.236 e. The molecule has 7 nitrogen and oxygen atoms in total. The van der Waals surface area contributed by atoms with Gasteiger partial charge in [0.1, 0.15) is 6.33 Å². The van der Waals surface area contributed by atoms with E-state index in [0.29, 0.717) is 12.6 Å². The molecule has 3 aliphatic heterocycles. The van der Waals surface area contributed by atoms with Gasteiger partial charge in [0.25, 0.3) is 0 Å². The minimum atomic E-state index is 0.138. The average Bonchev–Trinajstić information content (AvgIpc) is 2.79. The van der Waals surface area contributed by atoms with E-state index in [0.717, 1.165) is 75.4 Å². The van der Waals surface area contributed by atoms with Crippen LogP contribution in [0, 0.1) is 0 Å². The zero-order valence-electron chi connectivity index (χ0n) is 17.1. The fraction of sp³-hybridized carbons (Fsp3) is 0.545. The van der Waals surface area contributed by atoms with Crippen molar-refractivity contribution in [2.45, 2.75) is 43.8 Å². The maximum Gasteiger partial charge on any atom is 0.236 e. The Bertz CT molecular complexity index is 910. The number of halogens is 1. The first-order valence-electron chi connectivity index (χ1n) is 10.8. The lowest BCUT2D eigenvalue weighted by Gasteiger charge is -2.46. The van der Waals surface area contributed by atoms with Crippen LogP contribution in [0.25, 0.3) is 11.3 Å². The lowest BCUT2D eigenvalue weighted by molar-refractivity contribution is -0.136. The molecule has 5 heterocycles. The minimum absolute atomic E-state index is 0.138. The van der Waals surface area contributed by atoms with Gasteiger partial charge in [-0.2, -0.15) is 0 Å². The molecular weight excluding hydrogens is 400 g/mol. The fourth-order valence-electron chi connectivity index (χ4n) is 4.90. The van der Waals surface area contributed by atoms with Crippen molar-refractivity contribution in [3.05, 3.63) is 42.1 Å². The molecule has 0 bridgehead atoms. The van der Waals surface area contributed by atoms with Crippen LogP contribution in [0.3, 0.4) is 0 Å². The first-order valence-corrected chi connectivity index (χ1v) is 11.2. The molecule has 0 saturated carbocycles. The Balaban J connectivity index is 1.20. The van der Waals surface area contributed by atoms with Gasteiger partial charge in [-0.25, -0.2) is 9.97 Å². The van der Waals surface area contributed by atoms with Gasteiger partial charge in [0, 0.05) is 68.8 Å². The van der Waals surface area contributed by atoms with Crippen molar-refractivity contribution in [2.24, 2.45) is 0 Å². The topological polar surface area (TPSA) is 65.5 Å². The van der Waals surface area contributed by atoms with Crippen molar-refractivity contribution in [3.8, 4) is 11.3 Å². The molecule has 8 heteroatoms. The predicted octanol–water partition coefficient (Wildman–Crippen LogP) is 2.16. The molecule has 0 aromatic carbocycles. The molecule has 2 aromatic heterocycles. The second-order valence-corrected chi connectivity index (χ2v) is 8.99. The quantitative estimate of drug-likeness (QED) is 0.553. The Morgan fingerprint density at radius 3 is 2.87 bits per heavy atom. The molecule has 5 rings (SSSR count). The molecule has 3 aliphatic rings. The van der Waals surface area contributed by atoms with Crippen LogP contribution in [-0.4, -0.2) is 79.8 Å². The van der Waals surface area contributed by atoms with Crippen LogP contribution in [0.2, 0.25) is 0 Å². The average molecular weight is 427 g/mol. The third-order valence-corrected chi connectivity index (χ3v) is 7.03. The Kier molecular flexibility index (Phi) is 5.67. The summed E-state index contributed by atoms with van der Waals surface area (Å²) in [5.41, 5.74) is 4.29. The summed E-state index contributed by atoms with van der Waals surface area (Å²) in [7, 11) is 0. The number of hydrogen-bond donors (Lipinski definition) is 0. The molecule has 0 spiro atoms. The molecule has 1 amide bonds. The van der Waals surface area contributed by atoms with Crippen LogP contribution in [0.4, 0.5) is 0 Å². The number of aromatic nitrogens is 3. The van der Waals surface area contributed by atoms with Crippen molar-refractivity contribution < 1.29 is 4.79 Å². The largest absolute Gasteiger partial charge is 0.339 e. The molecule has 0 aliphatic carbocycles. The number of carbonyl (C=O) groups excluding carboxylic acids is 1. The third-order valence-electron chi connectivity index (χ3n) is 6.56. The number of fused-ring (bicyclic) bond motifs is 2. The summed E-state index contributed by atoms with van der Waals surface area (Å²) in [6, 6.07) is 4.57. The van der Waals surface area contributed by atoms with E-state index in [1.54, 1.807) is 12.4 Å². The van der Waals surface area contributed by atoms with E-state index >= 15 is 0 Å². The predicted molar refractivity (Wildman–Crippen MR) is 115 cm³/mol. The van der Waals surface area contributed by atoms with E-state index in [1.807, 2.05) is 11.0 Å². The number of hydrogen-bond acceptors (Lipinski definition) is 6. The summed E-state index contributed by atoms with van der Waals surface area (Å²) in [6.07, 6.45) is 9.32. The molecule has 0 radical (unpaired) electrons. The summed E-state index contributed by atoms with van der Waals surface area (Å²) < 4.78 is 0. The number of carbonyl (C=O) groups is 1. The fourth-order valence-corrected chi connectivity index (χ4v) is 5.31. The van der Waals surface area contributed by atoms with Gasteiger partial charge in [0.2, 0.25) is 5.91 Å². The van der Waals surface area contributed by atoms with Crippen molar-refractivity contribution in [2.75, 3.05) is 32.7 Å². The van der Waals surface area contributed by atoms with Crippen LogP contribution >= 0.6 is 11.6 Å². The molecule has 0 N–H and O–H groups in total. The summed E-state index contributed by atoms with van der Waals surface area (Å²) in [6.45, 7) is 4.60. The van der Waals surface area contributed by atoms with Gasteiger partial charge in [0.05, 0.1) is 17.7 Å². The van der Waals surface area contributed by atoms with E-state index in [2.05, 4.69) is 25.8 Å². The molecule has 2 fully saturated rings. The maximum absolute atomic E-state index is 13.0. The molecule has 1 unspecified atom stereocenters. The van der Waals surface area contributed by atoms with E-state index < -0.39 is 0 Å². The highest BCUT2D eigenvalue weighted by Crippen LogP contribution is 2.28. The second-order valence-electron chi connectivity index (χ2n) is 8.49. The van der Waals surface area contributed by atoms with Crippen molar-refractivity contribution >= 4 is 17.5 Å². The highest BCUT2D eigenvalue weighted by Gasteiger charge is 2.35. The van der Waals surface area contributed by atoms with E-state index in [9.17, 15) is 4.79 Å². The van der Waals surface area contributed by atoms with E-state index in [-0.39, 0.29) is 11.4 Å². The van der Waals surface area contributed by atoms with Gasteiger partial charge in [0.15, 0.2) is 0 Å². The van der Waals surface area contributed by atoms with Gasteiger partial charge < -0.3 is 4.90 Å². The molecular formula is C22H27ClN6O. The number of nitrogens with zero attached hydrogens (tertiary/aromatic N) is 6. The molecule has 2 atom stereocenters. The summed E-state index contributed by atoms with van der Waals surface area (Å²) in [4.78, 5) is 32.6. The van der Waals surface area contributed by atoms with Crippen LogP contribution in [0.5, 0.6) is 0 Å². The van der Waals surface area contributed by atoms with Gasteiger partial charge in [-0.05, 0) is 30.9 Å². The zero-order chi connectivity index (χ0) is 20.5. The number of amides is 1. The zero-order valence-corrected chi connectivity index (χ0v) is 17.8. The lowest BCUT2D eigenvalue weighted by Crippen LogP contribution is -2.59. The molecule has 30 heavy (non-hydrogen) atoms. The molecule has 158 valence electrons. The van der Waals surface area contributed by atoms with Gasteiger partial charge in [-0.1, -0.05) is 6.07 Å². The number of piperazine rings is 1. The van der Waals surface area contributed by atoms with Crippen LogP contribution in [0.1, 0.15) is 30.5 Å². The van der Waals surface area contributed by atoms with E-state index in [1.165, 1.54) is 11.9 Å². The van der Waals surface area contributed by atoms with Crippen molar-refractivity contribution in [1.29, 1.82) is 0 Å². The number of rotatable bonds is 3. The first-order chi connectivity index (χ1) is 14.7. The Labute approximate surface area is 182 Å². The van der Waals surface area contributed by atoms with Crippen LogP contribution < -0.4 is 0 Å². The Hall–Kier alpha value is -2.09. The van der Waals surface area contributed by atoms with Crippen molar-refractivity contribution in [3.63, 3.8) is 0 Å². The standard InChI is InChI=1S/C22H27ClN6O/c23-21-3-1-2-18-13-28(8-9-29(18)21)22(30)14-27-7-6-20-16(12-27)4-5-19(26-20)17-10-24-15-25-11-17/h4-5,10-11,15,18,21H,1-3,6-9,12-14H2/t18-,21?/m0/s1. The summed E-state index contributed by atoms with van der Waals surface area (Å²) >= 11 is 6.47. The second kappa shape index (κ2) is 8.57. The molecule has 2 saturated heterocycles. The normalized spacial score (nSPS) is 24.9. The van der Waals surface area contributed by atoms with Gasteiger partial charge in [-0.3, -0.25) is 19.6 Å². The number of pyridine rings is 1. The number of alkyl halides is 1. The van der Waals surface area contributed by atoms with Gasteiger partial charge >= 0.3 is 0 Å². The Morgan fingerprint density at radius 1 is 1.13 bits per heavy atom. The highest BCUT2D eigenvalue weighted by atomic mass is 35.5. The Morgan fingerprint density at radius 2 is 2.00 bits per heavy atom. The maximum atomic E-state index is 13.0. The van der Waals surface area contributed by atoms with Crippen molar-refractivity contribution in [1.82, 2.24) is 29.7 Å². The summed E-state index contributed by atoms with van der Waals surface area (Å²) in [5, 5.41) is 0. The lowest BCUT2D eigenvalue weighted by atomic mass is 9.99. The summed E-state index contributed by atoms with van der Waals surface area (Å²) in [5.74, 6) is 0.237. The van der Waals surface area contributed by atoms with Crippen LogP contribution in [-0.2, 0) is 17.8 Å². The van der Waals surface area contributed by atoms with E-state index in [4.69, 9.17) is 16.6 Å². The molecule has 2 aromatic rings. The first kappa shape index (κ1) is 19.8. The number of piperidine rings is 1. The van der Waals surface area contributed by atoms with Crippen LogP contribution in [0.15, 0.2) is 30.9 Å².